The molecule has 3 atom stereocenters. The van der Waals surface area contributed by atoms with E-state index in [9.17, 15) is 9.59 Å². The first-order chi connectivity index (χ1) is 11.1. The van der Waals surface area contributed by atoms with Crippen molar-refractivity contribution in [2.24, 2.45) is 5.92 Å². The van der Waals surface area contributed by atoms with Gasteiger partial charge in [0.2, 0.25) is 5.91 Å². The monoisotopic (exact) mass is 316 g/mol. The number of amides is 1. The highest BCUT2D eigenvalue weighted by Gasteiger charge is 2.34. The van der Waals surface area contributed by atoms with Crippen LogP contribution in [0.5, 0.6) is 0 Å². The third-order valence-electron chi connectivity index (χ3n) is 4.76. The summed E-state index contributed by atoms with van der Waals surface area (Å²) in [6, 6.07) is 7.34. The summed E-state index contributed by atoms with van der Waals surface area (Å²) in [6.07, 6.45) is 2.77. The number of nitrogens with one attached hydrogen (secondary N) is 2. The number of benzene rings is 1. The second-order valence-electron chi connectivity index (χ2n) is 6.45. The van der Waals surface area contributed by atoms with Crippen LogP contribution in [0.4, 0.5) is 0 Å². The first-order valence-corrected chi connectivity index (χ1v) is 8.37. The second-order valence-corrected chi connectivity index (χ2v) is 6.45. The fourth-order valence-electron chi connectivity index (χ4n) is 3.35. The number of ketones is 1. The van der Waals surface area contributed by atoms with Gasteiger partial charge in [-0.1, -0.05) is 24.3 Å². The zero-order valence-electron chi connectivity index (χ0n) is 13.5. The first kappa shape index (κ1) is 16.1. The summed E-state index contributed by atoms with van der Waals surface area (Å²) in [5.41, 5.74) is 1.75. The molecule has 2 aliphatic rings. The lowest BCUT2D eigenvalue weighted by Gasteiger charge is -2.14. The third-order valence-corrected chi connectivity index (χ3v) is 4.76. The fourth-order valence-corrected chi connectivity index (χ4v) is 3.35. The van der Waals surface area contributed by atoms with Crippen molar-refractivity contribution in [1.82, 2.24) is 10.6 Å². The van der Waals surface area contributed by atoms with E-state index in [0.29, 0.717) is 19.5 Å². The molecule has 124 valence electrons. The van der Waals surface area contributed by atoms with Crippen LogP contribution in [0.3, 0.4) is 0 Å². The standard InChI is InChI=1S/C18H24N2O3/c1-12-5-2-3-7-15(12)17(21)13-9-16(19-10-13)18(22)20-11-14-6-4-8-23-14/h2-3,5,7,13-14,16,19H,4,6,8-11H2,1H3,(H,20,22). The van der Waals surface area contributed by atoms with E-state index in [0.717, 1.165) is 30.6 Å². The average molecular weight is 316 g/mol. The molecular weight excluding hydrogens is 292 g/mol. The maximum absolute atomic E-state index is 12.6. The largest absolute Gasteiger partial charge is 0.376 e. The number of hydrogen-bond donors (Lipinski definition) is 2. The van der Waals surface area contributed by atoms with Gasteiger partial charge >= 0.3 is 0 Å². The van der Waals surface area contributed by atoms with Gasteiger partial charge in [0.15, 0.2) is 5.78 Å². The van der Waals surface area contributed by atoms with Crippen molar-refractivity contribution in [1.29, 1.82) is 0 Å². The van der Waals surface area contributed by atoms with Crippen LogP contribution in [0.1, 0.15) is 35.2 Å². The second kappa shape index (κ2) is 7.23. The molecule has 2 N–H and O–H groups in total. The molecule has 2 aliphatic heterocycles. The molecule has 2 fully saturated rings. The van der Waals surface area contributed by atoms with Crippen LogP contribution in [0.2, 0.25) is 0 Å². The van der Waals surface area contributed by atoms with Crippen LogP contribution in [-0.4, -0.2) is 43.5 Å². The van der Waals surface area contributed by atoms with Crippen LogP contribution in [0, 0.1) is 12.8 Å². The molecule has 0 radical (unpaired) electrons. The first-order valence-electron chi connectivity index (χ1n) is 8.37. The molecule has 0 spiro atoms. The Hall–Kier alpha value is -1.72. The van der Waals surface area contributed by atoms with E-state index in [1.807, 2.05) is 31.2 Å². The summed E-state index contributed by atoms with van der Waals surface area (Å²) in [5.74, 6) is -0.0276. The van der Waals surface area contributed by atoms with Gasteiger partial charge in [-0.25, -0.2) is 0 Å². The van der Waals surface area contributed by atoms with E-state index in [1.165, 1.54) is 0 Å². The maximum Gasteiger partial charge on any atom is 0.237 e. The number of aryl methyl sites for hydroxylation is 1. The molecule has 1 aromatic rings. The van der Waals surface area contributed by atoms with Crippen LogP contribution in [0.25, 0.3) is 0 Å². The molecule has 2 heterocycles. The Balaban J connectivity index is 1.52. The summed E-state index contributed by atoms with van der Waals surface area (Å²) >= 11 is 0. The molecule has 0 aromatic heterocycles. The van der Waals surface area contributed by atoms with Crippen LogP contribution in [0.15, 0.2) is 24.3 Å². The summed E-state index contributed by atoms with van der Waals surface area (Å²) in [5, 5.41) is 6.12. The average Bonchev–Trinajstić information content (AvgIpc) is 3.24. The maximum atomic E-state index is 12.6. The Bertz CT molecular complexity index is 581. The topological polar surface area (TPSA) is 67.4 Å². The summed E-state index contributed by atoms with van der Waals surface area (Å²) in [7, 11) is 0. The molecule has 5 heteroatoms. The molecule has 3 unspecified atom stereocenters. The Kier molecular flexibility index (Phi) is 5.08. The predicted octanol–water partition coefficient (Wildman–Crippen LogP) is 1.45. The Morgan fingerprint density at radius 1 is 1.35 bits per heavy atom. The van der Waals surface area contributed by atoms with E-state index in [1.54, 1.807) is 0 Å². The van der Waals surface area contributed by atoms with E-state index in [4.69, 9.17) is 4.74 Å². The van der Waals surface area contributed by atoms with Crippen molar-refractivity contribution in [2.75, 3.05) is 19.7 Å². The highest BCUT2D eigenvalue weighted by atomic mass is 16.5. The van der Waals surface area contributed by atoms with Crippen molar-refractivity contribution in [3.8, 4) is 0 Å². The smallest absolute Gasteiger partial charge is 0.237 e. The highest BCUT2D eigenvalue weighted by Crippen LogP contribution is 2.21. The van der Waals surface area contributed by atoms with Gasteiger partial charge in [-0.15, -0.1) is 0 Å². The lowest BCUT2D eigenvalue weighted by atomic mass is 9.92. The minimum Gasteiger partial charge on any atom is -0.376 e. The van der Waals surface area contributed by atoms with Gasteiger partial charge in [0, 0.05) is 31.2 Å². The zero-order chi connectivity index (χ0) is 16.2. The number of hydrogen-bond acceptors (Lipinski definition) is 4. The Labute approximate surface area is 136 Å². The number of Topliss-reactive ketones (excluding diaryl/α,β-unsaturated/α-hetero) is 1. The molecule has 2 saturated heterocycles. The van der Waals surface area contributed by atoms with Crippen molar-refractivity contribution < 1.29 is 14.3 Å². The third kappa shape index (κ3) is 3.79. The summed E-state index contributed by atoms with van der Waals surface area (Å²) < 4.78 is 5.51. The van der Waals surface area contributed by atoms with Crippen LogP contribution >= 0.6 is 0 Å². The molecule has 23 heavy (non-hydrogen) atoms. The predicted molar refractivity (Wildman–Crippen MR) is 87.4 cm³/mol. The van der Waals surface area contributed by atoms with E-state index >= 15 is 0 Å². The molecular formula is C18H24N2O3. The number of rotatable bonds is 5. The van der Waals surface area contributed by atoms with Crippen LogP contribution in [-0.2, 0) is 9.53 Å². The van der Waals surface area contributed by atoms with Gasteiger partial charge in [-0.3, -0.25) is 9.59 Å². The van der Waals surface area contributed by atoms with Crippen molar-refractivity contribution in [3.05, 3.63) is 35.4 Å². The minimum absolute atomic E-state index is 0.0272. The fraction of sp³-hybridized carbons (Fsp3) is 0.556. The molecule has 0 aliphatic carbocycles. The van der Waals surface area contributed by atoms with Gasteiger partial charge < -0.3 is 15.4 Å². The van der Waals surface area contributed by atoms with Gasteiger partial charge in [0.25, 0.3) is 0 Å². The van der Waals surface area contributed by atoms with Crippen molar-refractivity contribution in [3.63, 3.8) is 0 Å². The Morgan fingerprint density at radius 2 is 2.17 bits per heavy atom. The normalized spacial score (nSPS) is 27.1. The van der Waals surface area contributed by atoms with E-state index in [2.05, 4.69) is 10.6 Å². The zero-order valence-corrected chi connectivity index (χ0v) is 13.5. The molecule has 0 saturated carbocycles. The van der Waals surface area contributed by atoms with E-state index in [-0.39, 0.29) is 29.8 Å². The lowest BCUT2D eigenvalue weighted by Crippen LogP contribution is -2.43. The Morgan fingerprint density at radius 3 is 2.91 bits per heavy atom. The quantitative estimate of drug-likeness (QED) is 0.807. The van der Waals surface area contributed by atoms with Crippen LogP contribution < -0.4 is 10.6 Å². The number of carbonyl (C=O) groups is 2. The SMILES string of the molecule is Cc1ccccc1C(=O)C1CNC(C(=O)NCC2CCCO2)C1. The van der Waals surface area contributed by atoms with Gasteiger partial charge in [-0.05, 0) is 31.7 Å². The van der Waals surface area contributed by atoms with Gasteiger partial charge in [0.05, 0.1) is 12.1 Å². The summed E-state index contributed by atoms with van der Waals surface area (Å²) in [6.45, 7) is 3.86. The lowest BCUT2D eigenvalue weighted by molar-refractivity contribution is -0.123. The van der Waals surface area contributed by atoms with Crippen molar-refractivity contribution in [2.45, 2.75) is 38.3 Å². The molecule has 5 nitrogen and oxygen atoms in total. The molecule has 0 bridgehead atoms. The molecule has 1 aromatic carbocycles. The van der Waals surface area contributed by atoms with E-state index < -0.39 is 0 Å². The minimum atomic E-state index is -0.283. The number of ether oxygens (including phenoxy) is 1. The highest BCUT2D eigenvalue weighted by molar-refractivity contribution is 6.00. The molecule has 3 rings (SSSR count). The summed E-state index contributed by atoms with van der Waals surface area (Å²) in [4.78, 5) is 24.8. The van der Waals surface area contributed by atoms with Crippen molar-refractivity contribution >= 4 is 11.7 Å². The van der Waals surface area contributed by atoms with Gasteiger partial charge in [0.1, 0.15) is 0 Å². The molecule has 1 amide bonds. The number of carbonyl (C=O) groups excluding carboxylic acids is 2. The van der Waals surface area contributed by atoms with Gasteiger partial charge in [-0.2, -0.15) is 0 Å².